The predicted molar refractivity (Wildman–Crippen MR) is 74.6 cm³/mol. The molecule has 0 radical (unpaired) electrons. The van der Waals surface area contributed by atoms with E-state index in [9.17, 15) is 9.90 Å². The summed E-state index contributed by atoms with van der Waals surface area (Å²) < 4.78 is 10.7. The molecule has 110 valence electrons. The van der Waals surface area contributed by atoms with Crippen molar-refractivity contribution in [3.8, 4) is 5.75 Å². The first-order chi connectivity index (χ1) is 9.70. The van der Waals surface area contributed by atoms with Crippen LogP contribution in [0, 0.1) is 0 Å². The summed E-state index contributed by atoms with van der Waals surface area (Å²) in [5, 5.41) is 9.70. The summed E-state index contributed by atoms with van der Waals surface area (Å²) in [5.41, 5.74) is 0.861. The van der Waals surface area contributed by atoms with Gasteiger partial charge in [0, 0.05) is 13.1 Å². The lowest BCUT2D eigenvalue weighted by Gasteiger charge is -2.26. The highest BCUT2D eigenvalue weighted by Crippen LogP contribution is 2.19. The monoisotopic (exact) mass is 279 g/mol. The van der Waals surface area contributed by atoms with Gasteiger partial charge in [0.1, 0.15) is 5.75 Å². The van der Waals surface area contributed by atoms with Crippen LogP contribution in [-0.2, 0) is 9.53 Å². The topological polar surface area (TPSA) is 59.0 Å². The molecule has 1 atom stereocenters. The van der Waals surface area contributed by atoms with Crippen molar-refractivity contribution in [1.29, 1.82) is 0 Å². The third-order valence-electron chi connectivity index (χ3n) is 3.38. The zero-order chi connectivity index (χ0) is 14.4. The van der Waals surface area contributed by atoms with Gasteiger partial charge in [0.2, 0.25) is 0 Å². The second kappa shape index (κ2) is 7.26. The molecule has 1 heterocycles. The van der Waals surface area contributed by atoms with Crippen molar-refractivity contribution in [1.82, 2.24) is 4.90 Å². The molecule has 0 unspecified atom stereocenters. The number of benzene rings is 1. The number of hydrogen-bond donors (Lipinski definition) is 1. The second-order valence-corrected chi connectivity index (χ2v) is 4.77. The number of morpholine rings is 1. The van der Waals surface area contributed by atoms with Crippen molar-refractivity contribution < 1.29 is 19.4 Å². The normalized spacial score (nSPS) is 16.8. The fourth-order valence-corrected chi connectivity index (χ4v) is 2.07. The standard InChI is InChI=1S/C15H21NO4/c1-2-14(17)12-3-5-13(6-4-12)20-11-15(18)16-7-9-19-10-8-16/h3-6,14,17H,2,7-11H2,1H3/t14-/m1/s1. The predicted octanol–water partition coefficient (Wildman–Crippen LogP) is 1.37. The van der Waals surface area contributed by atoms with Crippen molar-refractivity contribution in [2.24, 2.45) is 0 Å². The molecule has 1 fully saturated rings. The molecule has 1 N–H and O–H groups in total. The largest absolute Gasteiger partial charge is 0.484 e. The van der Waals surface area contributed by atoms with E-state index < -0.39 is 6.10 Å². The maximum absolute atomic E-state index is 11.9. The molecule has 0 bridgehead atoms. The first kappa shape index (κ1) is 14.8. The van der Waals surface area contributed by atoms with E-state index in [0.29, 0.717) is 38.5 Å². The van der Waals surface area contributed by atoms with Crippen molar-refractivity contribution in [2.45, 2.75) is 19.4 Å². The molecule has 1 aliphatic heterocycles. The number of amides is 1. The van der Waals surface area contributed by atoms with E-state index in [-0.39, 0.29) is 12.5 Å². The van der Waals surface area contributed by atoms with Crippen LogP contribution in [0.4, 0.5) is 0 Å². The van der Waals surface area contributed by atoms with Crippen LogP contribution in [0.25, 0.3) is 0 Å². The van der Waals surface area contributed by atoms with Crippen LogP contribution in [-0.4, -0.2) is 48.8 Å². The Kier molecular flexibility index (Phi) is 5.38. The molecule has 20 heavy (non-hydrogen) atoms. The Balaban J connectivity index is 1.82. The minimum absolute atomic E-state index is 0.0223. The number of carbonyl (C=O) groups excluding carboxylic acids is 1. The van der Waals surface area contributed by atoms with E-state index in [1.54, 1.807) is 17.0 Å². The van der Waals surface area contributed by atoms with Crippen LogP contribution >= 0.6 is 0 Å². The minimum Gasteiger partial charge on any atom is -0.484 e. The van der Waals surface area contributed by atoms with Crippen LogP contribution in [0.5, 0.6) is 5.75 Å². The van der Waals surface area contributed by atoms with Gasteiger partial charge in [-0.05, 0) is 24.1 Å². The van der Waals surface area contributed by atoms with Crippen molar-refractivity contribution in [2.75, 3.05) is 32.9 Å². The SMILES string of the molecule is CC[C@@H](O)c1ccc(OCC(=O)N2CCOCC2)cc1. The highest BCUT2D eigenvalue weighted by atomic mass is 16.5. The van der Waals surface area contributed by atoms with Crippen molar-refractivity contribution in [3.63, 3.8) is 0 Å². The van der Waals surface area contributed by atoms with Gasteiger partial charge in [-0.2, -0.15) is 0 Å². The maximum atomic E-state index is 11.9. The summed E-state index contributed by atoms with van der Waals surface area (Å²) >= 11 is 0. The molecule has 0 aromatic heterocycles. The molecule has 1 aliphatic rings. The number of aliphatic hydroxyl groups is 1. The van der Waals surface area contributed by atoms with Gasteiger partial charge in [-0.25, -0.2) is 0 Å². The maximum Gasteiger partial charge on any atom is 0.260 e. The molecule has 1 saturated heterocycles. The summed E-state index contributed by atoms with van der Waals surface area (Å²) in [6.07, 6.45) is 0.231. The Bertz CT molecular complexity index is 426. The number of hydrogen-bond acceptors (Lipinski definition) is 4. The summed E-state index contributed by atoms with van der Waals surface area (Å²) in [5.74, 6) is 0.615. The van der Waals surface area contributed by atoms with E-state index >= 15 is 0 Å². The van der Waals surface area contributed by atoms with Gasteiger partial charge >= 0.3 is 0 Å². The zero-order valence-corrected chi connectivity index (χ0v) is 11.7. The molecule has 5 nitrogen and oxygen atoms in total. The minimum atomic E-state index is -0.445. The van der Waals surface area contributed by atoms with Crippen LogP contribution < -0.4 is 4.74 Å². The van der Waals surface area contributed by atoms with Crippen LogP contribution in [0.2, 0.25) is 0 Å². The fourth-order valence-electron chi connectivity index (χ4n) is 2.07. The molecule has 1 aromatic rings. The number of carbonyl (C=O) groups is 1. The Morgan fingerprint density at radius 2 is 2.00 bits per heavy atom. The molecule has 5 heteroatoms. The summed E-state index contributed by atoms with van der Waals surface area (Å²) in [4.78, 5) is 13.6. The van der Waals surface area contributed by atoms with Crippen LogP contribution in [0.3, 0.4) is 0 Å². The number of ether oxygens (including phenoxy) is 2. The zero-order valence-electron chi connectivity index (χ0n) is 11.7. The van der Waals surface area contributed by atoms with Gasteiger partial charge < -0.3 is 19.5 Å². The van der Waals surface area contributed by atoms with E-state index in [4.69, 9.17) is 9.47 Å². The van der Waals surface area contributed by atoms with Gasteiger partial charge in [0.05, 0.1) is 19.3 Å². The van der Waals surface area contributed by atoms with Crippen molar-refractivity contribution >= 4 is 5.91 Å². The second-order valence-electron chi connectivity index (χ2n) is 4.77. The summed E-state index contributed by atoms with van der Waals surface area (Å²) in [7, 11) is 0. The van der Waals surface area contributed by atoms with Crippen LogP contribution in [0.15, 0.2) is 24.3 Å². The van der Waals surface area contributed by atoms with Gasteiger partial charge in [0.25, 0.3) is 5.91 Å². The molecular formula is C15H21NO4. The summed E-state index contributed by atoms with van der Waals surface area (Å²) in [6, 6.07) is 7.20. The molecule has 2 rings (SSSR count). The third kappa shape index (κ3) is 3.95. The number of rotatable bonds is 5. The van der Waals surface area contributed by atoms with E-state index in [2.05, 4.69) is 0 Å². The molecule has 0 aliphatic carbocycles. The van der Waals surface area contributed by atoms with E-state index in [1.807, 2.05) is 19.1 Å². The highest BCUT2D eigenvalue weighted by Gasteiger charge is 2.17. The molecule has 0 spiro atoms. The average molecular weight is 279 g/mol. The van der Waals surface area contributed by atoms with Crippen LogP contribution in [0.1, 0.15) is 25.0 Å². The third-order valence-corrected chi connectivity index (χ3v) is 3.38. The smallest absolute Gasteiger partial charge is 0.260 e. The first-order valence-corrected chi connectivity index (χ1v) is 6.97. The lowest BCUT2D eigenvalue weighted by atomic mass is 10.1. The summed E-state index contributed by atoms with van der Waals surface area (Å²) in [6.45, 7) is 4.41. The lowest BCUT2D eigenvalue weighted by Crippen LogP contribution is -2.42. The Morgan fingerprint density at radius 1 is 1.35 bits per heavy atom. The molecular weight excluding hydrogens is 258 g/mol. The van der Waals surface area contributed by atoms with Gasteiger partial charge in [-0.15, -0.1) is 0 Å². The number of nitrogens with zero attached hydrogens (tertiary/aromatic N) is 1. The Morgan fingerprint density at radius 3 is 2.60 bits per heavy atom. The number of aliphatic hydroxyl groups excluding tert-OH is 1. The quantitative estimate of drug-likeness (QED) is 0.884. The fraction of sp³-hybridized carbons (Fsp3) is 0.533. The van der Waals surface area contributed by atoms with Gasteiger partial charge in [0.15, 0.2) is 6.61 Å². The van der Waals surface area contributed by atoms with E-state index in [0.717, 1.165) is 5.56 Å². The van der Waals surface area contributed by atoms with Crippen molar-refractivity contribution in [3.05, 3.63) is 29.8 Å². The Hall–Kier alpha value is -1.59. The molecule has 1 aromatic carbocycles. The lowest BCUT2D eigenvalue weighted by molar-refractivity contribution is -0.137. The first-order valence-electron chi connectivity index (χ1n) is 6.97. The van der Waals surface area contributed by atoms with E-state index in [1.165, 1.54) is 0 Å². The molecule has 1 amide bonds. The average Bonchev–Trinajstić information content (AvgIpc) is 2.53. The van der Waals surface area contributed by atoms with Gasteiger partial charge in [-0.3, -0.25) is 4.79 Å². The Labute approximate surface area is 119 Å². The highest BCUT2D eigenvalue weighted by molar-refractivity contribution is 5.77. The molecule has 0 saturated carbocycles. The van der Waals surface area contributed by atoms with Gasteiger partial charge in [-0.1, -0.05) is 19.1 Å².